The van der Waals surface area contributed by atoms with Crippen LogP contribution in [0.5, 0.6) is 5.75 Å². The van der Waals surface area contributed by atoms with Gasteiger partial charge in [0.05, 0.1) is 18.5 Å². The second-order valence-electron chi connectivity index (χ2n) is 8.37. The average molecular weight is 511 g/mol. The molecule has 0 aliphatic heterocycles. The van der Waals surface area contributed by atoms with Crippen molar-refractivity contribution in [3.8, 4) is 5.75 Å². The Bertz CT molecular complexity index is 1410. The maximum absolute atomic E-state index is 12.5. The molecule has 0 saturated heterocycles. The fourth-order valence-electron chi connectivity index (χ4n) is 3.65. The van der Waals surface area contributed by atoms with Crippen LogP contribution in [0, 0.1) is 6.92 Å². The van der Waals surface area contributed by atoms with E-state index in [1.807, 2.05) is 52.1 Å². The molecule has 4 aromatic rings. The first-order valence-corrected chi connectivity index (χ1v) is 12.2. The normalized spacial score (nSPS) is 11.4. The Kier molecular flexibility index (Phi) is 7.59. The van der Waals surface area contributed by atoms with Gasteiger partial charge in [-0.15, -0.1) is 0 Å². The lowest BCUT2D eigenvalue weighted by Gasteiger charge is -2.17. The van der Waals surface area contributed by atoms with Gasteiger partial charge in [-0.2, -0.15) is 4.98 Å². The molecule has 0 bridgehead atoms. The third-order valence-corrected chi connectivity index (χ3v) is 6.49. The van der Waals surface area contributed by atoms with Crippen molar-refractivity contribution in [2.75, 3.05) is 19.5 Å². The first kappa shape index (κ1) is 25.0. The van der Waals surface area contributed by atoms with Crippen LogP contribution < -0.4 is 15.6 Å². The standard InChI is InChI=1S/C25H27ClN6O2S/c1-15(2)32-23-18(12-20(26)24(32)33)13-27-25(30-23)29-21-10-11-22(28-16(21)3)35-31(4)14-17-6-8-19(34-5)9-7-17/h6-13,15H,14H2,1-5H3,(H,27,29,30). The number of fused-ring (bicyclic) bond motifs is 1. The van der Waals surface area contributed by atoms with Crippen molar-refractivity contribution in [1.29, 1.82) is 0 Å². The maximum atomic E-state index is 12.5. The summed E-state index contributed by atoms with van der Waals surface area (Å²) in [4.78, 5) is 26.3. The van der Waals surface area contributed by atoms with E-state index in [1.54, 1.807) is 35.9 Å². The highest BCUT2D eigenvalue weighted by Crippen LogP contribution is 2.26. The molecule has 0 saturated carbocycles. The monoisotopic (exact) mass is 510 g/mol. The van der Waals surface area contributed by atoms with Crippen LogP contribution in [-0.2, 0) is 6.54 Å². The average Bonchev–Trinajstić information content (AvgIpc) is 2.82. The molecule has 0 unspecified atom stereocenters. The summed E-state index contributed by atoms with van der Waals surface area (Å²) in [6.45, 7) is 6.54. The van der Waals surface area contributed by atoms with E-state index in [1.165, 1.54) is 5.56 Å². The minimum atomic E-state index is -0.267. The lowest BCUT2D eigenvalue weighted by molar-refractivity contribution is 0.414. The van der Waals surface area contributed by atoms with Gasteiger partial charge in [0.25, 0.3) is 5.56 Å². The lowest BCUT2D eigenvalue weighted by Crippen LogP contribution is -2.23. The van der Waals surface area contributed by atoms with Crippen molar-refractivity contribution in [2.45, 2.75) is 38.4 Å². The highest BCUT2D eigenvalue weighted by molar-refractivity contribution is 7.96. The summed E-state index contributed by atoms with van der Waals surface area (Å²) in [6, 6.07) is 13.4. The van der Waals surface area contributed by atoms with Crippen LogP contribution >= 0.6 is 23.5 Å². The number of nitrogens with one attached hydrogen (secondary N) is 1. The molecule has 4 rings (SSSR count). The number of anilines is 2. The zero-order chi connectivity index (χ0) is 25.1. The van der Waals surface area contributed by atoms with E-state index in [0.29, 0.717) is 17.0 Å². The van der Waals surface area contributed by atoms with Gasteiger partial charge in [-0.1, -0.05) is 23.7 Å². The third-order valence-electron chi connectivity index (χ3n) is 5.37. The molecule has 1 N–H and O–H groups in total. The fraction of sp³-hybridized carbons (Fsp3) is 0.280. The largest absolute Gasteiger partial charge is 0.497 e. The molecule has 0 aliphatic rings. The number of halogens is 1. The van der Waals surface area contributed by atoms with Gasteiger partial charge in [0.2, 0.25) is 5.95 Å². The molecule has 10 heteroatoms. The van der Waals surface area contributed by atoms with Gasteiger partial charge in [0.1, 0.15) is 21.4 Å². The van der Waals surface area contributed by atoms with E-state index >= 15 is 0 Å². The summed E-state index contributed by atoms with van der Waals surface area (Å²) in [5.74, 6) is 1.23. The number of methoxy groups -OCH3 is 1. The Balaban J connectivity index is 1.50. The number of hydrogen-bond acceptors (Lipinski definition) is 8. The number of nitrogens with zero attached hydrogens (tertiary/aromatic N) is 5. The van der Waals surface area contributed by atoms with Gasteiger partial charge in [-0.25, -0.2) is 14.3 Å². The number of pyridine rings is 2. The van der Waals surface area contributed by atoms with Crippen LogP contribution in [-0.4, -0.2) is 38.0 Å². The molecule has 0 amide bonds. The Hall–Kier alpha value is -3.14. The second-order valence-corrected chi connectivity index (χ2v) is 10.00. The highest BCUT2D eigenvalue weighted by atomic mass is 35.5. The lowest BCUT2D eigenvalue weighted by atomic mass is 10.2. The number of aryl methyl sites for hydroxylation is 1. The van der Waals surface area contributed by atoms with Gasteiger partial charge < -0.3 is 10.1 Å². The zero-order valence-corrected chi connectivity index (χ0v) is 21.8. The van der Waals surface area contributed by atoms with Crippen molar-refractivity contribution in [3.63, 3.8) is 0 Å². The molecular formula is C25H27ClN6O2S. The fourth-order valence-corrected chi connectivity index (χ4v) is 4.70. The molecular weight excluding hydrogens is 484 g/mol. The van der Waals surface area contributed by atoms with E-state index < -0.39 is 0 Å². The number of rotatable bonds is 8. The predicted molar refractivity (Wildman–Crippen MR) is 142 cm³/mol. The van der Waals surface area contributed by atoms with Crippen molar-refractivity contribution in [2.24, 2.45) is 0 Å². The Morgan fingerprint density at radius 1 is 1.17 bits per heavy atom. The number of hydrogen-bond donors (Lipinski definition) is 1. The second kappa shape index (κ2) is 10.6. The van der Waals surface area contributed by atoms with Crippen LogP contribution in [0.15, 0.2) is 58.5 Å². The molecule has 0 fully saturated rings. The summed E-state index contributed by atoms with van der Waals surface area (Å²) in [7, 11) is 3.69. The highest BCUT2D eigenvalue weighted by Gasteiger charge is 2.14. The number of aromatic nitrogens is 4. The predicted octanol–water partition coefficient (Wildman–Crippen LogP) is 5.62. The van der Waals surface area contributed by atoms with Crippen LogP contribution in [0.25, 0.3) is 11.0 Å². The van der Waals surface area contributed by atoms with Gasteiger partial charge in [0, 0.05) is 24.2 Å². The smallest absolute Gasteiger partial charge is 0.271 e. The Morgan fingerprint density at radius 3 is 2.57 bits per heavy atom. The minimum Gasteiger partial charge on any atom is -0.497 e. The third kappa shape index (κ3) is 5.75. The van der Waals surface area contributed by atoms with Crippen LogP contribution in [0.1, 0.15) is 31.1 Å². The molecule has 0 spiro atoms. The number of ether oxygens (including phenoxy) is 1. The topological polar surface area (TPSA) is 85.2 Å². The van der Waals surface area contributed by atoms with Gasteiger partial charge >= 0.3 is 0 Å². The summed E-state index contributed by atoms with van der Waals surface area (Å²) >= 11 is 7.68. The summed E-state index contributed by atoms with van der Waals surface area (Å²) in [6.07, 6.45) is 1.66. The van der Waals surface area contributed by atoms with E-state index in [2.05, 4.69) is 31.7 Å². The van der Waals surface area contributed by atoms with Gasteiger partial charge in [0.15, 0.2) is 0 Å². The molecule has 0 atom stereocenters. The van der Waals surface area contributed by atoms with E-state index in [4.69, 9.17) is 21.3 Å². The molecule has 35 heavy (non-hydrogen) atoms. The summed E-state index contributed by atoms with van der Waals surface area (Å²) in [5.41, 5.74) is 3.06. The first-order valence-electron chi connectivity index (χ1n) is 11.1. The molecule has 3 aromatic heterocycles. The van der Waals surface area contributed by atoms with Crippen LogP contribution in [0.3, 0.4) is 0 Å². The molecule has 182 valence electrons. The number of benzene rings is 1. The Labute approximate surface area is 213 Å². The molecule has 3 heterocycles. The van der Waals surface area contributed by atoms with E-state index in [9.17, 15) is 4.79 Å². The first-order chi connectivity index (χ1) is 16.7. The Morgan fingerprint density at radius 2 is 1.91 bits per heavy atom. The summed E-state index contributed by atoms with van der Waals surface area (Å²) < 4.78 is 8.92. The van der Waals surface area contributed by atoms with Crippen LogP contribution in [0.4, 0.5) is 11.6 Å². The van der Waals surface area contributed by atoms with Crippen molar-refractivity contribution in [3.05, 3.63) is 75.3 Å². The zero-order valence-electron chi connectivity index (χ0n) is 20.2. The van der Waals surface area contributed by atoms with Gasteiger partial charge in [-0.05, 0) is 75.7 Å². The minimum absolute atomic E-state index is 0.0962. The molecule has 8 nitrogen and oxygen atoms in total. The summed E-state index contributed by atoms with van der Waals surface area (Å²) in [5, 5.41) is 4.97. The van der Waals surface area contributed by atoms with E-state index in [-0.39, 0.29) is 16.6 Å². The van der Waals surface area contributed by atoms with Crippen molar-refractivity contribution >= 4 is 46.2 Å². The van der Waals surface area contributed by atoms with Crippen LogP contribution in [0.2, 0.25) is 5.02 Å². The maximum Gasteiger partial charge on any atom is 0.271 e. The van der Waals surface area contributed by atoms with E-state index in [0.717, 1.165) is 28.7 Å². The van der Waals surface area contributed by atoms with Crippen molar-refractivity contribution < 1.29 is 4.74 Å². The molecule has 1 aromatic carbocycles. The quantitative estimate of drug-likeness (QED) is 0.306. The van der Waals surface area contributed by atoms with Gasteiger partial charge in [-0.3, -0.25) is 9.36 Å². The SMILES string of the molecule is COc1ccc(CN(C)Sc2ccc(Nc3ncc4cc(Cl)c(=O)n(C(C)C)c4n3)c(C)n2)cc1. The molecule has 0 radical (unpaired) electrons. The van der Waals surface area contributed by atoms with Crippen molar-refractivity contribution in [1.82, 2.24) is 23.8 Å². The molecule has 0 aliphatic carbocycles.